The van der Waals surface area contributed by atoms with Crippen molar-refractivity contribution < 1.29 is 0 Å². The van der Waals surface area contributed by atoms with Gasteiger partial charge in [-0.05, 0) is 20.0 Å². The van der Waals surface area contributed by atoms with E-state index in [1.807, 2.05) is 19.6 Å². The number of hydrogen-bond donors (Lipinski definition) is 1. The van der Waals surface area contributed by atoms with Crippen molar-refractivity contribution >= 4 is 24.8 Å². The Bertz CT molecular complexity index is 165. The quantitative estimate of drug-likeness (QED) is 0.763. The van der Waals surface area contributed by atoms with Gasteiger partial charge in [-0.2, -0.15) is 0 Å². The van der Waals surface area contributed by atoms with E-state index in [1.165, 1.54) is 0 Å². The highest BCUT2D eigenvalue weighted by molar-refractivity contribution is 5.85. The minimum Gasteiger partial charge on any atom is -0.337 e. The number of imidazole rings is 1. The highest BCUT2D eigenvalue weighted by atomic mass is 35.5. The van der Waals surface area contributed by atoms with Gasteiger partial charge in [0.2, 0.25) is 0 Å². The van der Waals surface area contributed by atoms with Crippen LogP contribution in [-0.4, -0.2) is 23.1 Å². The Morgan fingerprint density at radius 3 is 2.67 bits per heavy atom. The predicted octanol–water partition coefficient (Wildman–Crippen LogP) is 1.34. The van der Waals surface area contributed by atoms with Crippen LogP contribution in [0.2, 0.25) is 0 Å². The molecule has 0 fully saturated rings. The Morgan fingerprint density at radius 2 is 2.17 bits per heavy atom. The third kappa shape index (κ3) is 5.41. The lowest BCUT2D eigenvalue weighted by Crippen LogP contribution is -2.10. The minimum absolute atomic E-state index is 0. The Morgan fingerprint density at radius 1 is 1.42 bits per heavy atom. The fraction of sp³-hybridized carbons (Fsp3) is 0.571. The van der Waals surface area contributed by atoms with E-state index < -0.39 is 0 Å². The van der Waals surface area contributed by atoms with Crippen molar-refractivity contribution in [2.45, 2.75) is 13.0 Å². The molecule has 1 N–H and O–H groups in total. The van der Waals surface area contributed by atoms with Gasteiger partial charge in [0.15, 0.2) is 0 Å². The summed E-state index contributed by atoms with van der Waals surface area (Å²) in [5, 5.41) is 3.10. The topological polar surface area (TPSA) is 29.9 Å². The molecule has 1 heterocycles. The first kappa shape index (κ1) is 14.3. The predicted molar refractivity (Wildman–Crippen MR) is 55.3 cm³/mol. The Hall–Kier alpha value is -0.250. The second-order valence-electron chi connectivity index (χ2n) is 2.26. The highest BCUT2D eigenvalue weighted by Crippen LogP contribution is 1.87. The average Bonchev–Trinajstić information content (AvgIpc) is 2.41. The van der Waals surface area contributed by atoms with Crippen molar-refractivity contribution in [3.8, 4) is 0 Å². The van der Waals surface area contributed by atoms with Gasteiger partial charge in [-0.15, -0.1) is 24.8 Å². The third-order valence-corrected chi connectivity index (χ3v) is 1.40. The average molecular weight is 212 g/mol. The maximum Gasteiger partial charge on any atom is 0.0945 e. The minimum atomic E-state index is 0. The molecule has 0 saturated carbocycles. The molecule has 0 amide bonds. The van der Waals surface area contributed by atoms with Crippen molar-refractivity contribution in [2.24, 2.45) is 0 Å². The molecule has 12 heavy (non-hydrogen) atoms. The largest absolute Gasteiger partial charge is 0.337 e. The lowest BCUT2D eigenvalue weighted by molar-refractivity contribution is 0.612. The number of nitrogens with zero attached hydrogens (tertiary/aromatic N) is 2. The molecular weight excluding hydrogens is 197 g/mol. The Balaban J connectivity index is 0. The number of rotatable bonds is 4. The molecule has 0 aliphatic carbocycles. The Labute approximate surface area is 85.4 Å². The summed E-state index contributed by atoms with van der Waals surface area (Å²) < 4.78 is 2.08. The van der Waals surface area contributed by atoms with Crippen LogP contribution in [0.1, 0.15) is 6.42 Å². The monoisotopic (exact) mass is 211 g/mol. The standard InChI is InChI=1S/C7H13N3.2ClH/c1-8-3-2-5-10-6-4-9-7-10;;/h4,6-8H,2-3,5H2,1H3;2*1H. The van der Waals surface area contributed by atoms with Gasteiger partial charge < -0.3 is 9.88 Å². The molecule has 0 spiro atoms. The van der Waals surface area contributed by atoms with E-state index in [1.54, 1.807) is 6.20 Å². The summed E-state index contributed by atoms with van der Waals surface area (Å²) in [5.74, 6) is 0. The SMILES string of the molecule is CNCCCn1ccnc1.Cl.Cl. The zero-order chi connectivity index (χ0) is 7.23. The molecule has 1 aromatic heterocycles. The van der Waals surface area contributed by atoms with Gasteiger partial charge in [0.1, 0.15) is 0 Å². The van der Waals surface area contributed by atoms with Crippen LogP contribution >= 0.6 is 24.8 Å². The van der Waals surface area contributed by atoms with E-state index in [0.717, 1.165) is 19.5 Å². The fourth-order valence-corrected chi connectivity index (χ4v) is 0.857. The second-order valence-corrected chi connectivity index (χ2v) is 2.26. The molecule has 0 bridgehead atoms. The highest BCUT2D eigenvalue weighted by Gasteiger charge is 1.86. The molecule has 0 atom stereocenters. The first-order valence-corrected chi connectivity index (χ1v) is 3.54. The van der Waals surface area contributed by atoms with Crippen LogP contribution in [0.25, 0.3) is 0 Å². The summed E-state index contributed by atoms with van der Waals surface area (Å²) in [4.78, 5) is 3.94. The molecule has 0 aromatic carbocycles. The first-order chi connectivity index (χ1) is 4.93. The lowest BCUT2D eigenvalue weighted by atomic mass is 10.4. The molecule has 1 aromatic rings. The molecular formula is C7H15Cl2N3. The molecule has 0 unspecified atom stereocenters. The van der Waals surface area contributed by atoms with Crippen molar-refractivity contribution in [2.75, 3.05) is 13.6 Å². The van der Waals surface area contributed by atoms with Gasteiger partial charge in [-0.25, -0.2) is 4.98 Å². The zero-order valence-corrected chi connectivity index (χ0v) is 8.70. The third-order valence-electron chi connectivity index (χ3n) is 1.40. The van der Waals surface area contributed by atoms with Gasteiger partial charge in [-0.1, -0.05) is 0 Å². The van der Waals surface area contributed by atoms with Gasteiger partial charge in [0, 0.05) is 18.9 Å². The van der Waals surface area contributed by atoms with Gasteiger partial charge in [-0.3, -0.25) is 0 Å². The summed E-state index contributed by atoms with van der Waals surface area (Å²) in [6, 6.07) is 0. The van der Waals surface area contributed by atoms with Crippen LogP contribution in [0.5, 0.6) is 0 Å². The summed E-state index contributed by atoms with van der Waals surface area (Å²) in [6.07, 6.45) is 6.79. The van der Waals surface area contributed by atoms with Gasteiger partial charge >= 0.3 is 0 Å². The van der Waals surface area contributed by atoms with Crippen LogP contribution in [0.3, 0.4) is 0 Å². The van der Waals surface area contributed by atoms with Crippen LogP contribution in [0, 0.1) is 0 Å². The number of nitrogens with one attached hydrogen (secondary N) is 1. The van der Waals surface area contributed by atoms with Crippen molar-refractivity contribution in [1.82, 2.24) is 14.9 Å². The van der Waals surface area contributed by atoms with E-state index in [2.05, 4.69) is 14.9 Å². The number of hydrogen-bond acceptors (Lipinski definition) is 2. The van der Waals surface area contributed by atoms with Crippen molar-refractivity contribution in [3.63, 3.8) is 0 Å². The van der Waals surface area contributed by atoms with Gasteiger partial charge in [0.05, 0.1) is 6.33 Å². The summed E-state index contributed by atoms with van der Waals surface area (Å²) >= 11 is 0. The second kappa shape index (κ2) is 8.84. The maximum atomic E-state index is 3.94. The van der Waals surface area contributed by atoms with Crippen molar-refractivity contribution in [3.05, 3.63) is 18.7 Å². The van der Waals surface area contributed by atoms with Gasteiger partial charge in [0.25, 0.3) is 0 Å². The molecule has 72 valence electrons. The molecule has 0 aliphatic rings. The van der Waals surface area contributed by atoms with Crippen LogP contribution < -0.4 is 5.32 Å². The van der Waals surface area contributed by atoms with Crippen LogP contribution in [0.4, 0.5) is 0 Å². The zero-order valence-electron chi connectivity index (χ0n) is 7.06. The molecule has 0 saturated heterocycles. The molecule has 3 nitrogen and oxygen atoms in total. The lowest BCUT2D eigenvalue weighted by Gasteiger charge is -1.99. The molecule has 1 rings (SSSR count). The molecule has 5 heteroatoms. The Kier molecular flexibility index (Phi) is 10.5. The van der Waals surface area contributed by atoms with E-state index >= 15 is 0 Å². The summed E-state index contributed by atoms with van der Waals surface area (Å²) in [6.45, 7) is 2.12. The number of halogens is 2. The number of aryl methyl sites for hydroxylation is 1. The number of aromatic nitrogens is 2. The summed E-state index contributed by atoms with van der Waals surface area (Å²) in [7, 11) is 1.97. The van der Waals surface area contributed by atoms with E-state index in [4.69, 9.17) is 0 Å². The van der Waals surface area contributed by atoms with Crippen LogP contribution in [0.15, 0.2) is 18.7 Å². The fourth-order valence-electron chi connectivity index (χ4n) is 0.857. The molecule has 0 radical (unpaired) electrons. The van der Waals surface area contributed by atoms with E-state index in [9.17, 15) is 0 Å². The summed E-state index contributed by atoms with van der Waals surface area (Å²) in [5.41, 5.74) is 0. The van der Waals surface area contributed by atoms with E-state index in [0.29, 0.717) is 0 Å². The first-order valence-electron chi connectivity index (χ1n) is 3.54. The van der Waals surface area contributed by atoms with Crippen molar-refractivity contribution in [1.29, 1.82) is 0 Å². The molecule has 0 aliphatic heterocycles. The maximum absolute atomic E-state index is 3.94. The van der Waals surface area contributed by atoms with Crippen LogP contribution in [-0.2, 0) is 6.54 Å². The smallest absolute Gasteiger partial charge is 0.0945 e. The van der Waals surface area contributed by atoms with E-state index in [-0.39, 0.29) is 24.8 Å². The normalized spacial score (nSPS) is 8.42.